The molecule has 7 heteroatoms. The maximum absolute atomic E-state index is 13.7. The van der Waals surface area contributed by atoms with Crippen LogP contribution in [0.15, 0.2) is 41.3 Å². The second kappa shape index (κ2) is 9.83. The highest BCUT2D eigenvalue weighted by Crippen LogP contribution is 2.32. The Morgan fingerprint density at radius 1 is 1.03 bits per heavy atom. The van der Waals surface area contributed by atoms with Crippen LogP contribution in [0.5, 0.6) is 5.75 Å². The second-order valence-electron chi connectivity index (χ2n) is 8.34. The number of anilines is 1. The molecule has 0 atom stereocenters. The Hall–Kier alpha value is -2.38. The molecule has 0 bridgehead atoms. The van der Waals surface area contributed by atoms with Gasteiger partial charge in [0.2, 0.25) is 15.9 Å². The average molecular weight is 445 g/mol. The number of hydrogen-bond donors (Lipinski definition) is 1. The largest absolute Gasteiger partial charge is 0.495 e. The van der Waals surface area contributed by atoms with Crippen molar-refractivity contribution >= 4 is 21.6 Å². The van der Waals surface area contributed by atoms with Crippen molar-refractivity contribution in [3.63, 3.8) is 0 Å². The van der Waals surface area contributed by atoms with Crippen molar-refractivity contribution in [1.29, 1.82) is 0 Å². The molecule has 1 fully saturated rings. The van der Waals surface area contributed by atoms with Crippen LogP contribution in [0.3, 0.4) is 0 Å². The Kier molecular flexibility index (Phi) is 7.38. The maximum Gasteiger partial charge on any atom is 0.247 e. The number of amides is 1. The molecule has 0 spiro atoms. The van der Waals surface area contributed by atoms with Crippen molar-refractivity contribution in [3.05, 3.63) is 53.1 Å². The molecule has 2 aromatic carbocycles. The van der Waals surface area contributed by atoms with Crippen LogP contribution in [0.4, 0.5) is 5.69 Å². The third-order valence-electron chi connectivity index (χ3n) is 5.98. The summed E-state index contributed by atoms with van der Waals surface area (Å²) < 4.78 is 34.1. The van der Waals surface area contributed by atoms with Crippen molar-refractivity contribution in [2.75, 3.05) is 19.0 Å². The number of carbonyl (C=O) groups excluding carboxylic acids is 1. The smallest absolute Gasteiger partial charge is 0.247 e. The van der Waals surface area contributed by atoms with Crippen LogP contribution < -0.4 is 10.1 Å². The van der Waals surface area contributed by atoms with Gasteiger partial charge in [-0.05, 0) is 74.6 Å². The lowest BCUT2D eigenvalue weighted by atomic mass is 9.95. The number of benzene rings is 2. The van der Waals surface area contributed by atoms with E-state index in [1.54, 1.807) is 12.1 Å². The van der Waals surface area contributed by atoms with Gasteiger partial charge in [0.25, 0.3) is 0 Å². The lowest BCUT2D eigenvalue weighted by Gasteiger charge is -2.33. The number of sulfonamides is 1. The predicted molar refractivity (Wildman–Crippen MR) is 123 cm³/mol. The monoisotopic (exact) mass is 444 g/mol. The van der Waals surface area contributed by atoms with Crippen molar-refractivity contribution in [3.8, 4) is 5.75 Å². The molecular weight excluding hydrogens is 412 g/mol. The highest BCUT2D eigenvalue weighted by atomic mass is 32.2. The Labute approximate surface area is 185 Å². The first-order chi connectivity index (χ1) is 14.7. The standard InChI is InChI=1S/C24H32N2O4S/c1-17-10-13-22(30-4)23(14-17)31(28,29)26(21-8-6-5-7-9-21)16-24(27)25-20-12-11-18(2)19(3)15-20/h10-15,21H,5-9,16H2,1-4H3,(H,25,27). The van der Waals surface area contributed by atoms with Gasteiger partial charge < -0.3 is 10.1 Å². The fraction of sp³-hybridized carbons (Fsp3) is 0.458. The summed E-state index contributed by atoms with van der Waals surface area (Å²) in [7, 11) is -2.46. The SMILES string of the molecule is COc1ccc(C)cc1S(=O)(=O)N(CC(=O)Nc1ccc(C)c(C)c1)C1CCCCC1. The summed E-state index contributed by atoms with van der Waals surface area (Å²) in [6, 6.07) is 10.6. The Bertz CT molecular complexity index is 1040. The van der Waals surface area contributed by atoms with E-state index < -0.39 is 10.0 Å². The highest BCUT2D eigenvalue weighted by Gasteiger charge is 2.35. The van der Waals surface area contributed by atoms with Gasteiger partial charge in [-0.15, -0.1) is 0 Å². The first-order valence-corrected chi connectivity index (χ1v) is 12.2. The number of nitrogens with one attached hydrogen (secondary N) is 1. The molecule has 6 nitrogen and oxygen atoms in total. The molecule has 1 saturated carbocycles. The van der Waals surface area contributed by atoms with E-state index in [4.69, 9.17) is 4.74 Å². The molecule has 31 heavy (non-hydrogen) atoms. The van der Waals surface area contributed by atoms with Crippen LogP contribution in [0.25, 0.3) is 0 Å². The molecule has 0 radical (unpaired) electrons. The minimum Gasteiger partial charge on any atom is -0.495 e. The molecule has 0 heterocycles. The van der Waals surface area contributed by atoms with Gasteiger partial charge in [0.05, 0.1) is 13.7 Å². The normalized spacial score (nSPS) is 15.1. The second-order valence-corrected chi connectivity index (χ2v) is 10.2. The first-order valence-electron chi connectivity index (χ1n) is 10.8. The molecule has 1 N–H and O–H groups in total. The summed E-state index contributed by atoms with van der Waals surface area (Å²) >= 11 is 0. The number of ether oxygens (including phenoxy) is 1. The fourth-order valence-corrected chi connectivity index (χ4v) is 5.94. The van der Waals surface area contributed by atoms with E-state index in [1.165, 1.54) is 11.4 Å². The molecule has 1 amide bonds. The van der Waals surface area contributed by atoms with E-state index in [0.29, 0.717) is 11.4 Å². The Morgan fingerprint density at radius 3 is 2.39 bits per heavy atom. The van der Waals surface area contributed by atoms with Gasteiger partial charge in [0.15, 0.2) is 0 Å². The number of carbonyl (C=O) groups is 1. The molecule has 1 aliphatic rings. The van der Waals surface area contributed by atoms with E-state index in [0.717, 1.165) is 48.8 Å². The summed E-state index contributed by atoms with van der Waals surface area (Å²) in [6.45, 7) is 5.61. The zero-order valence-corrected chi connectivity index (χ0v) is 19.6. The maximum atomic E-state index is 13.7. The quantitative estimate of drug-likeness (QED) is 0.678. The summed E-state index contributed by atoms with van der Waals surface area (Å²) in [5.74, 6) is -0.0509. The van der Waals surface area contributed by atoms with Crippen molar-refractivity contribution in [2.45, 2.75) is 63.8 Å². The van der Waals surface area contributed by atoms with Gasteiger partial charge in [-0.1, -0.05) is 31.4 Å². The number of hydrogen-bond acceptors (Lipinski definition) is 4. The van der Waals surface area contributed by atoms with E-state index in [1.807, 2.05) is 45.0 Å². The first kappa shape index (κ1) is 23.3. The number of aryl methyl sites for hydroxylation is 3. The topological polar surface area (TPSA) is 75.7 Å². The van der Waals surface area contributed by atoms with Gasteiger partial charge in [0.1, 0.15) is 10.6 Å². The Balaban J connectivity index is 1.91. The minimum absolute atomic E-state index is 0.111. The third-order valence-corrected chi connectivity index (χ3v) is 7.90. The molecule has 2 aromatic rings. The average Bonchev–Trinajstić information content (AvgIpc) is 2.75. The molecule has 0 aromatic heterocycles. The summed E-state index contributed by atoms with van der Waals surface area (Å²) in [4.78, 5) is 13.0. The zero-order chi connectivity index (χ0) is 22.6. The minimum atomic E-state index is -3.92. The molecule has 1 aliphatic carbocycles. The van der Waals surface area contributed by atoms with Gasteiger partial charge in [-0.25, -0.2) is 8.42 Å². The van der Waals surface area contributed by atoms with E-state index in [-0.39, 0.29) is 23.4 Å². The lowest BCUT2D eigenvalue weighted by molar-refractivity contribution is -0.116. The molecule has 0 saturated heterocycles. The van der Waals surface area contributed by atoms with Crippen molar-refractivity contribution in [1.82, 2.24) is 4.31 Å². The number of nitrogens with zero attached hydrogens (tertiary/aromatic N) is 1. The van der Waals surface area contributed by atoms with Gasteiger partial charge in [0, 0.05) is 11.7 Å². The van der Waals surface area contributed by atoms with Crippen LogP contribution in [0, 0.1) is 20.8 Å². The van der Waals surface area contributed by atoms with Crippen LogP contribution in [0.2, 0.25) is 0 Å². The molecular formula is C24H32N2O4S. The molecule has 0 unspecified atom stereocenters. The molecule has 3 rings (SSSR count). The van der Waals surface area contributed by atoms with E-state index >= 15 is 0 Å². The summed E-state index contributed by atoms with van der Waals surface area (Å²) in [6.07, 6.45) is 4.52. The van der Waals surface area contributed by atoms with Gasteiger partial charge >= 0.3 is 0 Å². The lowest BCUT2D eigenvalue weighted by Crippen LogP contribution is -2.45. The number of methoxy groups -OCH3 is 1. The predicted octanol–water partition coefficient (Wildman–Crippen LogP) is 4.58. The summed E-state index contributed by atoms with van der Waals surface area (Å²) in [5, 5.41) is 2.87. The number of rotatable bonds is 7. The van der Waals surface area contributed by atoms with Crippen LogP contribution in [-0.4, -0.2) is 38.3 Å². The highest BCUT2D eigenvalue weighted by molar-refractivity contribution is 7.89. The fourth-order valence-electron chi connectivity index (χ4n) is 4.05. The molecule has 168 valence electrons. The van der Waals surface area contributed by atoms with Crippen molar-refractivity contribution < 1.29 is 17.9 Å². The third kappa shape index (κ3) is 5.46. The van der Waals surface area contributed by atoms with Crippen LogP contribution in [0.1, 0.15) is 48.8 Å². The summed E-state index contributed by atoms with van der Waals surface area (Å²) in [5.41, 5.74) is 3.69. The van der Waals surface area contributed by atoms with E-state index in [2.05, 4.69) is 5.32 Å². The van der Waals surface area contributed by atoms with Crippen LogP contribution >= 0.6 is 0 Å². The van der Waals surface area contributed by atoms with E-state index in [9.17, 15) is 13.2 Å². The van der Waals surface area contributed by atoms with Gasteiger partial charge in [-0.2, -0.15) is 4.31 Å². The van der Waals surface area contributed by atoms with Crippen molar-refractivity contribution in [2.24, 2.45) is 0 Å². The van der Waals surface area contributed by atoms with Crippen LogP contribution in [-0.2, 0) is 14.8 Å². The van der Waals surface area contributed by atoms with Gasteiger partial charge in [-0.3, -0.25) is 4.79 Å². The zero-order valence-electron chi connectivity index (χ0n) is 18.8. The Morgan fingerprint density at radius 2 is 1.74 bits per heavy atom. The molecule has 0 aliphatic heterocycles.